The highest BCUT2D eigenvalue weighted by Crippen LogP contribution is 2.32. The first-order valence-corrected chi connectivity index (χ1v) is 11.4. The van der Waals surface area contributed by atoms with E-state index < -0.39 is 17.7 Å². The fourth-order valence-corrected chi connectivity index (χ4v) is 4.94. The molecule has 3 heterocycles. The summed E-state index contributed by atoms with van der Waals surface area (Å²) in [5.74, 6) is -1.31. The van der Waals surface area contributed by atoms with E-state index in [9.17, 15) is 14.4 Å². The van der Waals surface area contributed by atoms with Crippen molar-refractivity contribution in [3.05, 3.63) is 89.2 Å². The summed E-state index contributed by atoms with van der Waals surface area (Å²) in [6.45, 7) is 1.88. The van der Waals surface area contributed by atoms with E-state index >= 15 is 0 Å². The summed E-state index contributed by atoms with van der Waals surface area (Å²) in [5.41, 5.74) is 3.28. The zero-order chi connectivity index (χ0) is 22.9. The second-order valence-electron chi connectivity index (χ2n) is 7.66. The highest BCUT2D eigenvalue weighted by Gasteiger charge is 2.37. The molecule has 0 aliphatic carbocycles. The van der Waals surface area contributed by atoms with Crippen LogP contribution in [0.4, 0.5) is 5.13 Å². The van der Waals surface area contributed by atoms with Crippen LogP contribution in [0.25, 0.3) is 10.2 Å². The molecular weight excluding hydrogens is 436 g/mol. The molecule has 2 aromatic carbocycles. The van der Waals surface area contributed by atoms with Crippen LogP contribution in [0, 0.1) is 0 Å². The average molecular weight is 457 g/mol. The molecule has 2 aromatic heterocycles. The SMILES string of the molecule is CCc1cccc2sc(N(Cc3ccccn3)C(=O)CN3C(=O)c4ccccc4C3=O)nc12. The highest BCUT2D eigenvalue weighted by molar-refractivity contribution is 7.22. The molecule has 0 spiro atoms. The summed E-state index contributed by atoms with van der Waals surface area (Å²) in [6.07, 6.45) is 2.49. The number of hydrogen-bond donors (Lipinski definition) is 0. The van der Waals surface area contributed by atoms with E-state index in [-0.39, 0.29) is 13.1 Å². The van der Waals surface area contributed by atoms with Gasteiger partial charge in [-0.2, -0.15) is 0 Å². The third-order valence-electron chi connectivity index (χ3n) is 5.62. The van der Waals surface area contributed by atoms with Crippen LogP contribution in [0.3, 0.4) is 0 Å². The van der Waals surface area contributed by atoms with Crippen molar-refractivity contribution < 1.29 is 14.4 Å². The van der Waals surface area contributed by atoms with Crippen LogP contribution in [0.2, 0.25) is 0 Å². The van der Waals surface area contributed by atoms with Gasteiger partial charge in [0.15, 0.2) is 5.13 Å². The molecule has 0 saturated heterocycles. The molecule has 1 aliphatic heterocycles. The van der Waals surface area contributed by atoms with Crippen LogP contribution < -0.4 is 4.90 Å². The second kappa shape index (κ2) is 8.55. The summed E-state index contributed by atoms with van der Waals surface area (Å²) in [7, 11) is 0. The number of carbonyl (C=O) groups is 3. The molecule has 0 N–H and O–H groups in total. The Balaban J connectivity index is 1.49. The fraction of sp³-hybridized carbons (Fsp3) is 0.160. The van der Waals surface area contributed by atoms with Gasteiger partial charge in [0.05, 0.1) is 33.6 Å². The third-order valence-corrected chi connectivity index (χ3v) is 6.67. The maximum Gasteiger partial charge on any atom is 0.262 e. The van der Waals surface area contributed by atoms with Gasteiger partial charge < -0.3 is 0 Å². The van der Waals surface area contributed by atoms with Crippen LogP contribution >= 0.6 is 11.3 Å². The quantitative estimate of drug-likeness (QED) is 0.408. The minimum Gasteiger partial charge on any atom is -0.280 e. The normalized spacial score (nSPS) is 12.9. The second-order valence-corrected chi connectivity index (χ2v) is 8.67. The van der Waals surface area contributed by atoms with Gasteiger partial charge >= 0.3 is 0 Å². The predicted octanol–water partition coefficient (Wildman–Crippen LogP) is 4.08. The van der Waals surface area contributed by atoms with E-state index in [0.29, 0.717) is 22.0 Å². The monoisotopic (exact) mass is 456 g/mol. The lowest BCUT2D eigenvalue weighted by molar-refractivity contribution is -0.119. The number of anilines is 1. The van der Waals surface area contributed by atoms with Crippen molar-refractivity contribution in [3.8, 4) is 0 Å². The van der Waals surface area contributed by atoms with E-state index in [1.165, 1.54) is 16.2 Å². The van der Waals surface area contributed by atoms with Crippen LogP contribution in [0.1, 0.15) is 38.9 Å². The van der Waals surface area contributed by atoms with Crippen LogP contribution in [0.5, 0.6) is 0 Å². The Morgan fingerprint density at radius 3 is 2.36 bits per heavy atom. The number of amides is 3. The number of rotatable bonds is 6. The molecule has 4 aromatic rings. The lowest BCUT2D eigenvalue weighted by atomic mass is 10.1. The molecule has 5 rings (SSSR count). The Labute approximate surface area is 194 Å². The Bertz CT molecular complexity index is 1350. The Morgan fingerprint density at radius 1 is 0.970 bits per heavy atom. The first-order valence-electron chi connectivity index (χ1n) is 10.6. The number of pyridine rings is 1. The molecule has 0 radical (unpaired) electrons. The van der Waals surface area contributed by atoms with Gasteiger partial charge in [-0.3, -0.25) is 29.2 Å². The average Bonchev–Trinajstić information content (AvgIpc) is 3.38. The lowest BCUT2D eigenvalue weighted by Crippen LogP contribution is -2.42. The molecule has 7 nitrogen and oxygen atoms in total. The van der Waals surface area contributed by atoms with Gasteiger partial charge in [-0.15, -0.1) is 0 Å². The number of aryl methyl sites for hydroxylation is 1. The molecule has 0 unspecified atom stereocenters. The predicted molar refractivity (Wildman–Crippen MR) is 126 cm³/mol. The van der Waals surface area contributed by atoms with Crippen LogP contribution in [-0.4, -0.2) is 39.1 Å². The Morgan fingerprint density at radius 2 is 1.70 bits per heavy atom. The number of imide groups is 1. The van der Waals surface area contributed by atoms with Crippen molar-refractivity contribution in [1.29, 1.82) is 0 Å². The van der Waals surface area contributed by atoms with E-state index in [4.69, 9.17) is 4.98 Å². The number of nitrogens with zero attached hydrogens (tertiary/aromatic N) is 4. The Kier molecular flexibility index (Phi) is 5.43. The van der Waals surface area contributed by atoms with Crippen molar-refractivity contribution in [2.24, 2.45) is 0 Å². The number of benzene rings is 2. The van der Waals surface area contributed by atoms with Crippen molar-refractivity contribution in [1.82, 2.24) is 14.9 Å². The minimum atomic E-state index is -0.459. The maximum atomic E-state index is 13.5. The summed E-state index contributed by atoms with van der Waals surface area (Å²) in [5, 5.41) is 0.512. The lowest BCUT2D eigenvalue weighted by Gasteiger charge is -2.22. The van der Waals surface area contributed by atoms with Gasteiger partial charge in [0.25, 0.3) is 11.8 Å². The number of thiazole rings is 1. The standard InChI is InChI=1S/C25H20N4O3S/c1-2-16-8-7-12-20-22(16)27-25(33-20)28(14-17-9-5-6-13-26-17)21(30)15-29-23(31)18-10-3-4-11-19(18)24(29)32/h3-13H,2,14-15H2,1H3. The number of fused-ring (bicyclic) bond motifs is 2. The number of hydrogen-bond acceptors (Lipinski definition) is 6. The van der Waals surface area contributed by atoms with E-state index in [1.807, 2.05) is 30.3 Å². The molecule has 0 saturated carbocycles. The van der Waals surface area contributed by atoms with Gasteiger partial charge in [-0.05, 0) is 42.3 Å². The molecule has 8 heteroatoms. The zero-order valence-electron chi connectivity index (χ0n) is 17.9. The summed E-state index contributed by atoms with van der Waals surface area (Å²) >= 11 is 1.41. The van der Waals surface area contributed by atoms with Crippen LogP contribution in [0.15, 0.2) is 66.9 Å². The molecule has 0 fully saturated rings. The summed E-state index contributed by atoms with van der Waals surface area (Å²) < 4.78 is 0.976. The third kappa shape index (κ3) is 3.78. The first-order chi connectivity index (χ1) is 16.1. The van der Waals surface area contributed by atoms with Crippen molar-refractivity contribution >= 4 is 44.4 Å². The molecule has 33 heavy (non-hydrogen) atoms. The molecule has 3 amide bonds. The first kappa shape index (κ1) is 21.0. The smallest absolute Gasteiger partial charge is 0.262 e. The molecule has 0 atom stereocenters. The number of para-hydroxylation sites is 1. The fourth-order valence-electron chi connectivity index (χ4n) is 3.91. The highest BCUT2D eigenvalue weighted by atomic mass is 32.1. The molecule has 164 valence electrons. The number of aromatic nitrogens is 2. The van der Waals surface area contributed by atoms with E-state index in [1.54, 1.807) is 36.5 Å². The molecular formula is C25H20N4O3S. The van der Waals surface area contributed by atoms with E-state index in [0.717, 1.165) is 27.1 Å². The van der Waals surface area contributed by atoms with Gasteiger partial charge in [-0.1, -0.05) is 48.6 Å². The van der Waals surface area contributed by atoms with E-state index in [2.05, 4.69) is 11.9 Å². The summed E-state index contributed by atoms with van der Waals surface area (Å²) in [4.78, 5) is 50.7. The van der Waals surface area contributed by atoms with Crippen molar-refractivity contribution in [3.63, 3.8) is 0 Å². The summed E-state index contributed by atoms with van der Waals surface area (Å²) in [6, 6.07) is 18.1. The van der Waals surface area contributed by atoms with Gasteiger partial charge in [0.1, 0.15) is 6.54 Å². The van der Waals surface area contributed by atoms with Crippen LogP contribution in [-0.2, 0) is 17.8 Å². The van der Waals surface area contributed by atoms with Gasteiger partial charge in [-0.25, -0.2) is 4.98 Å². The molecule has 0 bridgehead atoms. The Hall–Kier alpha value is -3.91. The van der Waals surface area contributed by atoms with Gasteiger partial charge in [0, 0.05) is 6.20 Å². The number of carbonyl (C=O) groups excluding carboxylic acids is 3. The molecule has 1 aliphatic rings. The topological polar surface area (TPSA) is 83.5 Å². The zero-order valence-corrected chi connectivity index (χ0v) is 18.7. The minimum absolute atomic E-state index is 0.185. The van der Waals surface area contributed by atoms with Crippen molar-refractivity contribution in [2.75, 3.05) is 11.4 Å². The maximum absolute atomic E-state index is 13.5. The van der Waals surface area contributed by atoms with Gasteiger partial charge in [0.2, 0.25) is 5.91 Å². The largest absolute Gasteiger partial charge is 0.280 e. The van der Waals surface area contributed by atoms with Crippen molar-refractivity contribution in [2.45, 2.75) is 19.9 Å².